The average molecular weight is 380 g/mol. The lowest BCUT2D eigenvalue weighted by molar-refractivity contribution is 0.0979. The molecule has 4 N–H and O–H groups in total. The highest BCUT2D eigenvalue weighted by Crippen LogP contribution is 2.32. The standard InChI is InChI=1S/C22H28N4O2/c1-4-23-14-22(24-5-2,25-6-3)26-18-13-9-12-17-19(18)21(28)16-11-8-7-10-15(16)20(17)27/h7-13,23-26H,4-6,14H2,1-3H3. The fraction of sp³-hybridized carbons (Fsp3) is 0.364. The minimum absolute atomic E-state index is 0.113. The van der Waals surface area contributed by atoms with Crippen LogP contribution < -0.4 is 21.3 Å². The van der Waals surface area contributed by atoms with Crippen molar-refractivity contribution >= 4 is 17.3 Å². The van der Waals surface area contributed by atoms with Crippen molar-refractivity contribution < 1.29 is 9.59 Å². The zero-order chi connectivity index (χ0) is 20.1. The van der Waals surface area contributed by atoms with Crippen molar-refractivity contribution in [2.45, 2.75) is 26.6 Å². The van der Waals surface area contributed by atoms with Gasteiger partial charge in [0.25, 0.3) is 0 Å². The van der Waals surface area contributed by atoms with Crippen molar-refractivity contribution in [2.75, 3.05) is 31.5 Å². The van der Waals surface area contributed by atoms with Gasteiger partial charge in [-0.1, -0.05) is 57.2 Å². The van der Waals surface area contributed by atoms with Crippen molar-refractivity contribution in [3.05, 3.63) is 64.7 Å². The second-order valence-corrected chi connectivity index (χ2v) is 6.80. The summed E-state index contributed by atoms with van der Waals surface area (Å²) in [6.45, 7) is 9.00. The van der Waals surface area contributed by atoms with Crippen molar-refractivity contribution in [3.63, 3.8) is 0 Å². The number of anilines is 1. The van der Waals surface area contributed by atoms with E-state index in [1.165, 1.54) is 0 Å². The lowest BCUT2D eigenvalue weighted by Crippen LogP contribution is -2.67. The molecule has 0 unspecified atom stereocenters. The molecule has 0 saturated carbocycles. The lowest BCUT2D eigenvalue weighted by atomic mass is 9.83. The third kappa shape index (κ3) is 3.71. The highest BCUT2D eigenvalue weighted by Gasteiger charge is 2.34. The number of carbonyl (C=O) groups is 2. The predicted molar refractivity (Wildman–Crippen MR) is 112 cm³/mol. The maximum atomic E-state index is 13.2. The van der Waals surface area contributed by atoms with Crippen LogP contribution in [0.2, 0.25) is 0 Å². The van der Waals surface area contributed by atoms with E-state index in [1.807, 2.05) is 32.9 Å². The van der Waals surface area contributed by atoms with Crippen LogP contribution in [0.3, 0.4) is 0 Å². The summed E-state index contributed by atoms with van der Waals surface area (Å²) in [5, 5.41) is 13.7. The van der Waals surface area contributed by atoms with Crippen molar-refractivity contribution in [1.82, 2.24) is 16.0 Å². The zero-order valence-electron chi connectivity index (χ0n) is 16.7. The first-order valence-electron chi connectivity index (χ1n) is 9.87. The SMILES string of the molecule is CCNCC(NCC)(NCC)Nc1cccc2c1C(=O)c1ccccc1C2=O. The molecule has 6 heteroatoms. The van der Waals surface area contributed by atoms with E-state index in [2.05, 4.69) is 21.3 Å². The van der Waals surface area contributed by atoms with E-state index in [4.69, 9.17) is 0 Å². The van der Waals surface area contributed by atoms with Gasteiger partial charge in [-0.2, -0.15) is 0 Å². The molecule has 6 nitrogen and oxygen atoms in total. The van der Waals surface area contributed by atoms with Crippen LogP contribution in [0.5, 0.6) is 0 Å². The number of rotatable bonds is 9. The van der Waals surface area contributed by atoms with Gasteiger partial charge in [-0.3, -0.25) is 20.2 Å². The Kier molecular flexibility index (Phi) is 6.24. The van der Waals surface area contributed by atoms with Crippen LogP contribution in [0.25, 0.3) is 0 Å². The summed E-state index contributed by atoms with van der Waals surface area (Å²) in [5.41, 5.74) is 2.44. The van der Waals surface area contributed by atoms with Crippen LogP contribution in [-0.2, 0) is 0 Å². The molecule has 0 fully saturated rings. The summed E-state index contributed by atoms with van der Waals surface area (Å²) in [6.07, 6.45) is 0. The van der Waals surface area contributed by atoms with Gasteiger partial charge in [0.1, 0.15) is 0 Å². The average Bonchev–Trinajstić information content (AvgIpc) is 2.71. The lowest BCUT2D eigenvalue weighted by Gasteiger charge is -2.38. The van der Waals surface area contributed by atoms with Crippen LogP contribution in [0, 0.1) is 0 Å². The maximum Gasteiger partial charge on any atom is 0.196 e. The molecular formula is C22H28N4O2. The fourth-order valence-corrected chi connectivity index (χ4v) is 3.72. The predicted octanol–water partition coefficient (Wildman–Crippen LogP) is 2.36. The van der Waals surface area contributed by atoms with Crippen LogP contribution in [0.1, 0.15) is 52.6 Å². The molecular weight excluding hydrogens is 352 g/mol. The normalized spacial score (nSPS) is 13.2. The molecule has 0 saturated heterocycles. The summed E-state index contributed by atoms with van der Waals surface area (Å²) in [6, 6.07) is 12.4. The van der Waals surface area contributed by atoms with E-state index in [0.29, 0.717) is 34.5 Å². The van der Waals surface area contributed by atoms with Gasteiger partial charge < -0.3 is 10.6 Å². The summed E-state index contributed by atoms with van der Waals surface area (Å²) in [5.74, 6) is -0.883. The molecule has 3 rings (SSSR count). The molecule has 0 spiro atoms. The van der Waals surface area contributed by atoms with Gasteiger partial charge in [-0.25, -0.2) is 0 Å². The van der Waals surface area contributed by atoms with Gasteiger partial charge in [0.05, 0.1) is 5.56 Å². The van der Waals surface area contributed by atoms with Crippen molar-refractivity contribution in [3.8, 4) is 0 Å². The Hall–Kier alpha value is -2.54. The van der Waals surface area contributed by atoms with Gasteiger partial charge in [-0.05, 0) is 25.7 Å². The minimum atomic E-state index is -0.644. The number of fused-ring (bicyclic) bond motifs is 2. The number of ketones is 2. The van der Waals surface area contributed by atoms with Gasteiger partial charge >= 0.3 is 0 Å². The molecule has 0 aromatic heterocycles. The second-order valence-electron chi connectivity index (χ2n) is 6.80. The molecule has 0 heterocycles. The summed E-state index contributed by atoms with van der Waals surface area (Å²) in [4.78, 5) is 26.2. The molecule has 0 aliphatic heterocycles. The van der Waals surface area contributed by atoms with Gasteiger partial charge in [0.15, 0.2) is 17.4 Å². The number of nitrogens with one attached hydrogen (secondary N) is 4. The Morgan fingerprint density at radius 1 is 0.750 bits per heavy atom. The topological polar surface area (TPSA) is 82.3 Å². The zero-order valence-corrected chi connectivity index (χ0v) is 16.7. The third-order valence-electron chi connectivity index (χ3n) is 4.90. The molecule has 0 atom stereocenters. The molecule has 2 aromatic carbocycles. The Bertz CT molecular complexity index is 873. The molecule has 0 bridgehead atoms. The fourth-order valence-electron chi connectivity index (χ4n) is 3.72. The Balaban J connectivity index is 2.06. The van der Waals surface area contributed by atoms with Crippen molar-refractivity contribution in [1.29, 1.82) is 0 Å². The number of hydrogen-bond acceptors (Lipinski definition) is 6. The molecule has 28 heavy (non-hydrogen) atoms. The first-order valence-corrected chi connectivity index (χ1v) is 9.87. The van der Waals surface area contributed by atoms with E-state index in [9.17, 15) is 9.59 Å². The van der Waals surface area contributed by atoms with Gasteiger partial charge in [-0.15, -0.1) is 0 Å². The highest BCUT2D eigenvalue weighted by molar-refractivity contribution is 6.30. The van der Waals surface area contributed by atoms with Crippen LogP contribution >= 0.6 is 0 Å². The Labute approximate surface area is 166 Å². The summed E-state index contributed by atoms with van der Waals surface area (Å²) >= 11 is 0. The monoisotopic (exact) mass is 380 g/mol. The van der Waals surface area contributed by atoms with Crippen LogP contribution in [0.4, 0.5) is 5.69 Å². The number of benzene rings is 2. The Morgan fingerprint density at radius 3 is 1.96 bits per heavy atom. The Morgan fingerprint density at radius 2 is 1.36 bits per heavy atom. The van der Waals surface area contributed by atoms with Crippen LogP contribution in [-0.4, -0.2) is 43.5 Å². The summed E-state index contributed by atoms with van der Waals surface area (Å²) < 4.78 is 0. The van der Waals surface area contributed by atoms with E-state index >= 15 is 0 Å². The molecule has 1 aliphatic carbocycles. The maximum absolute atomic E-state index is 13.2. The molecule has 148 valence electrons. The van der Waals surface area contributed by atoms with E-state index in [0.717, 1.165) is 19.6 Å². The number of hydrogen-bond donors (Lipinski definition) is 4. The highest BCUT2D eigenvalue weighted by atomic mass is 16.1. The largest absolute Gasteiger partial charge is 0.353 e. The van der Waals surface area contributed by atoms with Crippen LogP contribution in [0.15, 0.2) is 42.5 Å². The first-order chi connectivity index (χ1) is 13.6. The molecule has 0 radical (unpaired) electrons. The van der Waals surface area contributed by atoms with E-state index in [-0.39, 0.29) is 11.6 Å². The summed E-state index contributed by atoms with van der Waals surface area (Å²) in [7, 11) is 0. The number of carbonyl (C=O) groups excluding carboxylic acids is 2. The molecule has 0 amide bonds. The van der Waals surface area contributed by atoms with Gasteiger partial charge in [0, 0.05) is 28.9 Å². The van der Waals surface area contributed by atoms with E-state index < -0.39 is 5.79 Å². The van der Waals surface area contributed by atoms with Gasteiger partial charge in [0.2, 0.25) is 0 Å². The number of likely N-dealkylation sites (N-methyl/N-ethyl adjacent to an activating group) is 3. The first kappa shape index (κ1) is 20.2. The minimum Gasteiger partial charge on any atom is -0.353 e. The van der Waals surface area contributed by atoms with Crippen molar-refractivity contribution in [2.24, 2.45) is 0 Å². The van der Waals surface area contributed by atoms with E-state index in [1.54, 1.807) is 30.3 Å². The second kappa shape index (κ2) is 8.65. The third-order valence-corrected chi connectivity index (χ3v) is 4.90. The quantitative estimate of drug-likeness (QED) is 0.427. The molecule has 1 aliphatic rings. The molecule has 2 aromatic rings. The smallest absolute Gasteiger partial charge is 0.196 e.